The molecule has 0 unspecified atom stereocenters. The minimum absolute atomic E-state index is 0.0449. The second-order valence-electron chi connectivity index (χ2n) is 9.12. The van der Waals surface area contributed by atoms with Gasteiger partial charge < -0.3 is 14.8 Å². The Morgan fingerprint density at radius 2 is 1.90 bits per heavy atom. The molecule has 0 amide bonds. The van der Waals surface area contributed by atoms with Gasteiger partial charge in [0.25, 0.3) is 0 Å². The van der Waals surface area contributed by atoms with Crippen LogP contribution >= 0.6 is 0 Å². The van der Waals surface area contributed by atoms with Gasteiger partial charge >= 0.3 is 5.97 Å². The molecule has 162 valence electrons. The number of aryl methyl sites for hydroxylation is 1. The second-order valence-corrected chi connectivity index (χ2v) is 9.12. The topological polar surface area (TPSA) is 65.6 Å². The van der Waals surface area contributed by atoms with Crippen LogP contribution in [0.3, 0.4) is 0 Å². The summed E-state index contributed by atoms with van der Waals surface area (Å²) in [6, 6.07) is 12.5. The first kappa shape index (κ1) is 20.1. The normalized spacial score (nSPS) is 23.7. The fourth-order valence-corrected chi connectivity index (χ4v) is 6.09. The van der Waals surface area contributed by atoms with Gasteiger partial charge in [-0.3, -0.25) is 4.90 Å². The van der Waals surface area contributed by atoms with E-state index < -0.39 is 5.97 Å². The van der Waals surface area contributed by atoms with Crippen LogP contribution in [0.1, 0.15) is 65.6 Å². The molecule has 3 heterocycles. The zero-order chi connectivity index (χ0) is 21.6. The number of carboxylic acid groups (broad SMARTS) is 1. The second kappa shape index (κ2) is 7.72. The molecule has 0 saturated carbocycles. The van der Waals surface area contributed by atoms with Gasteiger partial charge in [-0.15, -0.1) is 0 Å². The van der Waals surface area contributed by atoms with E-state index in [0.29, 0.717) is 11.6 Å². The maximum absolute atomic E-state index is 11.4. The van der Waals surface area contributed by atoms with E-state index in [0.717, 1.165) is 25.1 Å². The molecule has 2 fully saturated rings. The third-order valence-electron chi connectivity index (χ3n) is 7.58. The van der Waals surface area contributed by atoms with Crippen molar-refractivity contribution < 1.29 is 14.6 Å². The lowest BCUT2D eigenvalue weighted by molar-refractivity contribution is -0.0512. The van der Waals surface area contributed by atoms with E-state index in [1.54, 1.807) is 19.2 Å². The zero-order valence-electron chi connectivity index (χ0n) is 18.3. The molecule has 0 atom stereocenters. The highest BCUT2D eigenvalue weighted by molar-refractivity contribution is 5.88. The van der Waals surface area contributed by atoms with Gasteiger partial charge in [-0.25, -0.2) is 4.79 Å². The summed E-state index contributed by atoms with van der Waals surface area (Å²) in [6.45, 7) is 2.95. The van der Waals surface area contributed by atoms with Gasteiger partial charge in [-0.05, 0) is 80.8 Å². The van der Waals surface area contributed by atoms with Gasteiger partial charge in [-0.1, -0.05) is 12.1 Å². The lowest BCUT2D eigenvalue weighted by Crippen LogP contribution is -2.56. The highest BCUT2D eigenvalue weighted by Gasteiger charge is 2.47. The molecule has 2 saturated heterocycles. The Morgan fingerprint density at radius 1 is 1.19 bits per heavy atom. The van der Waals surface area contributed by atoms with E-state index >= 15 is 0 Å². The van der Waals surface area contributed by atoms with Crippen molar-refractivity contribution in [2.45, 2.75) is 63.6 Å². The average Bonchev–Trinajstić information content (AvgIpc) is 3.26. The predicted molar refractivity (Wildman–Crippen MR) is 122 cm³/mol. The van der Waals surface area contributed by atoms with Crippen molar-refractivity contribution in [2.75, 3.05) is 7.11 Å². The third-order valence-corrected chi connectivity index (χ3v) is 7.58. The number of nitrogens with one attached hydrogen (secondary N) is 1. The zero-order valence-corrected chi connectivity index (χ0v) is 18.3. The molecular formula is C26H30N2O3. The number of H-pyrrole nitrogens is 1. The first-order chi connectivity index (χ1) is 15.0. The van der Waals surface area contributed by atoms with Crippen molar-refractivity contribution in [1.82, 2.24) is 9.88 Å². The summed E-state index contributed by atoms with van der Waals surface area (Å²) in [6.07, 6.45) is 9.11. The van der Waals surface area contributed by atoms with Crippen LogP contribution in [0.2, 0.25) is 0 Å². The van der Waals surface area contributed by atoms with Crippen LogP contribution in [0.25, 0.3) is 10.9 Å². The molecule has 5 nitrogen and oxygen atoms in total. The van der Waals surface area contributed by atoms with Gasteiger partial charge in [0.05, 0.1) is 12.7 Å². The molecule has 5 heteroatoms. The molecule has 31 heavy (non-hydrogen) atoms. The first-order valence-electron chi connectivity index (χ1n) is 11.3. The Kier molecular flexibility index (Phi) is 5.01. The number of aromatic carboxylic acids is 1. The van der Waals surface area contributed by atoms with Crippen LogP contribution in [0.15, 0.2) is 42.6 Å². The van der Waals surface area contributed by atoms with Crippen LogP contribution < -0.4 is 4.74 Å². The number of hydrogen-bond acceptors (Lipinski definition) is 3. The summed E-state index contributed by atoms with van der Waals surface area (Å²) in [5.41, 5.74) is 5.17. The summed E-state index contributed by atoms with van der Waals surface area (Å²) in [4.78, 5) is 17.5. The summed E-state index contributed by atoms with van der Waals surface area (Å²) >= 11 is 0. The molecule has 5 rings (SSSR count). The van der Waals surface area contributed by atoms with Crippen molar-refractivity contribution in [3.8, 4) is 5.75 Å². The van der Waals surface area contributed by atoms with Gasteiger partial charge in [0.15, 0.2) is 0 Å². The maximum atomic E-state index is 11.4. The number of carbonyl (C=O) groups is 1. The number of piperidine rings is 2. The molecule has 3 aromatic rings. The van der Waals surface area contributed by atoms with Crippen molar-refractivity contribution >= 4 is 16.9 Å². The average molecular weight is 419 g/mol. The number of fused-ring (bicyclic) bond motifs is 3. The lowest BCUT2D eigenvalue weighted by Gasteiger charge is -2.55. The van der Waals surface area contributed by atoms with Crippen LogP contribution in [-0.4, -0.2) is 34.1 Å². The fraction of sp³-hybridized carbons (Fsp3) is 0.423. The Labute approximate surface area is 183 Å². The molecule has 2 N–H and O–H groups in total. The molecule has 0 radical (unpaired) electrons. The van der Waals surface area contributed by atoms with Crippen molar-refractivity contribution in [3.05, 3.63) is 64.8 Å². The van der Waals surface area contributed by atoms with Gasteiger partial charge in [0.2, 0.25) is 0 Å². The maximum Gasteiger partial charge on any atom is 0.335 e. The quantitative estimate of drug-likeness (QED) is 0.565. The highest BCUT2D eigenvalue weighted by atomic mass is 16.5. The molecule has 2 aliphatic rings. The molecule has 2 aliphatic heterocycles. The third kappa shape index (κ3) is 3.23. The number of rotatable bonds is 5. The van der Waals surface area contributed by atoms with E-state index in [1.807, 2.05) is 18.3 Å². The summed E-state index contributed by atoms with van der Waals surface area (Å²) in [7, 11) is 1.76. The van der Waals surface area contributed by atoms with E-state index in [1.165, 1.54) is 53.3 Å². The van der Waals surface area contributed by atoms with Crippen LogP contribution in [0.4, 0.5) is 0 Å². The fourth-order valence-electron chi connectivity index (χ4n) is 6.09. The Bertz CT molecular complexity index is 1110. The number of aromatic amines is 1. The minimum atomic E-state index is -0.870. The number of benzene rings is 2. The number of methoxy groups -OCH3 is 1. The number of nitrogens with zero attached hydrogens (tertiary/aromatic N) is 1. The highest BCUT2D eigenvalue weighted by Crippen LogP contribution is 2.50. The van der Waals surface area contributed by atoms with E-state index in [2.05, 4.69) is 28.9 Å². The summed E-state index contributed by atoms with van der Waals surface area (Å²) < 4.78 is 5.84. The van der Waals surface area contributed by atoms with E-state index in [9.17, 15) is 9.90 Å². The molecule has 0 aliphatic carbocycles. The van der Waals surface area contributed by atoms with Crippen LogP contribution in [-0.2, 0) is 12.1 Å². The molecular weight excluding hydrogens is 388 g/mol. The lowest BCUT2D eigenvalue weighted by atomic mass is 9.70. The number of hydrogen-bond donors (Lipinski definition) is 2. The Balaban J connectivity index is 1.60. The van der Waals surface area contributed by atoms with E-state index in [-0.39, 0.29) is 5.54 Å². The number of ether oxygens (including phenoxy) is 1. The molecule has 0 spiro atoms. The summed E-state index contributed by atoms with van der Waals surface area (Å²) in [5, 5.41) is 10.6. The molecule has 1 aromatic heterocycles. The standard InChI is InChI=1S/C26H30N2O3/c1-17-15-23(31-2)22(21-11-14-27-24(17)21)16-28-20-5-3-12-26(28,13-4-6-20)19-9-7-18(8-10-19)25(29)30/h7-11,14-15,20,27H,3-6,12-13,16H2,1-2H3,(H,29,30). The first-order valence-corrected chi connectivity index (χ1v) is 11.3. The van der Waals surface area contributed by atoms with Gasteiger partial charge in [0.1, 0.15) is 5.75 Å². The van der Waals surface area contributed by atoms with Gasteiger partial charge in [0, 0.05) is 40.8 Å². The minimum Gasteiger partial charge on any atom is -0.496 e. The largest absolute Gasteiger partial charge is 0.496 e. The van der Waals surface area contributed by atoms with Gasteiger partial charge in [-0.2, -0.15) is 0 Å². The molecule has 2 aromatic carbocycles. The number of aromatic nitrogens is 1. The SMILES string of the molecule is COc1cc(C)c2[nH]ccc2c1CN1C2CCCC1(c1ccc(C(=O)O)cc1)CCC2. The van der Waals surface area contributed by atoms with Crippen molar-refractivity contribution in [3.63, 3.8) is 0 Å². The predicted octanol–water partition coefficient (Wildman–Crippen LogP) is 5.62. The van der Waals surface area contributed by atoms with E-state index in [4.69, 9.17) is 4.74 Å². The monoisotopic (exact) mass is 418 g/mol. The van der Waals surface area contributed by atoms with Crippen molar-refractivity contribution in [2.24, 2.45) is 0 Å². The number of carboxylic acids is 1. The summed E-state index contributed by atoms with van der Waals surface area (Å²) in [5.74, 6) is 0.0786. The van der Waals surface area contributed by atoms with Crippen molar-refractivity contribution in [1.29, 1.82) is 0 Å². The van der Waals surface area contributed by atoms with Crippen LogP contribution in [0, 0.1) is 6.92 Å². The Morgan fingerprint density at radius 3 is 2.55 bits per heavy atom. The Hall–Kier alpha value is -2.79. The smallest absolute Gasteiger partial charge is 0.335 e. The van der Waals surface area contributed by atoms with Crippen LogP contribution in [0.5, 0.6) is 5.75 Å². The molecule has 2 bridgehead atoms.